The molecule has 0 amide bonds. The highest BCUT2D eigenvalue weighted by Crippen LogP contribution is 2.24. The number of benzene rings is 3. The second-order valence-corrected chi connectivity index (χ2v) is 8.12. The first-order valence-electron chi connectivity index (χ1n) is 9.22. The third-order valence-corrected chi connectivity index (χ3v) is 5.49. The van der Waals surface area contributed by atoms with Crippen LogP contribution in [0.2, 0.25) is 0 Å². The summed E-state index contributed by atoms with van der Waals surface area (Å²) >= 11 is 0. The van der Waals surface area contributed by atoms with E-state index in [2.05, 4.69) is 11.3 Å². The van der Waals surface area contributed by atoms with Crippen LogP contribution in [0, 0.1) is 6.92 Å². The fraction of sp³-hybridized carbons (Fsp3) is 0.174. The average molecular weight is 394 g/mol. The SMILES string of the molecule is CCCc1ccc(C)cc1O/C(=N/S(=O)(=O)c1ccccc1)c1ccccc1. The molecular formula is C23H23NO3S. The second kappa shape index (κ2) is 8.85. The molecule has 28 heavy (non-hydrogen) atoms. The summed E-state index contributed by atoms with van der Waals surface area (Å²) in [7, 11) is -3.90. The van der Waals surface area contributed by atoms with Gasteiger partial charge >= 0.3 is 0 Å². The zero-order chi connectivity index (χ0) is 20.0. The molecule has 0 atom stereocenters. The molecule has 0 saturated heterocycles. The summed E-state index contributed by atoms with van der Waals surface area (Å²) in [6.45, 7) is 4.07. The van der Waals surface area contributed by atoms with Crippen LogP contribution >= 0.6 is 0 Å². The van der Waals surface area contributed by atoms with E-state index in [0.717, 1.165) is 24.0 Å². The van der Waals surface area contributed by atoms with Crippen LogP contribution in [0.4, 0.5) is 0 Å². The molecule has 3 aromatic rings. The van der Waals surface area contributed by atoms with E-state index in [0.29, 0.717) is 11.3 Å². The van der Waals surface area contributed by atoms with Gasteiger partial charge < -0.3 is 4.74 Å². The number of nitrogens with zero attached hydrogens (tertiary/aromatic N) is 1. The van der Waals surface area contributed by atoms with Crippen molar-refractivity contribution in [2.75, 3.05) is 0 Å². The van der Waals surface area contributed by atoms with Gasteiger partial charge in [-0.05, 0) is 54.8 Å². The molecule has 0 heterocycles. The maximum absolute atomic E-state index is 12.8. The van der Waals surface area contributed by atoms with Gasteiger partial charge in [0.1, 0.15) is 5.75 Å². The Morgan fingerprint density at radius 3 is 2.21 bits per heavy atom. The van der Waals surface area contributed by atoms with Crippen molar-refractivity contribution >= 4 is 15.9 Å². The Hall–Kier alpha value is -2.92. The molecule has 0 aliphatic heterocycles. The number of hydrogen-bond acceptors (Lipinski definition) is 3. The first-order chi connectivity index (χ1) is 13.5. The average Bonchev–Trinajstić information content (AvgIpc) is 2.71. The maximum Gasteiger partial charge on any atom is 0.285 e. The summed E-state index contributed by atoms with van der Waals surface area (Å²) in [5.74, 6) is 0.695. The predicted octanol–water partition coefficient (Wildman–Crippen LogP) is 5.16. The Balaban J connectivity index is 2.09. The molecule has 3 rings (SSSR count). The number of rotatable bonds is 6. The van der Waals surface area contributed by atoms with Gasteiger partial charge in [-0.15, -0.1) is 4.40 Å². The zero-order valence-electron chi connectivity index (χ0n) is 16.0. The van der Waals surface area contributed by atoms with Crippen molar-refractivity contribution in [1.29, 1.82) is 0 Å². The molecule has 0 unspecified atom stereocenters. The molecule has 0 aromatic heterocycles. The monoisotopic (exact) mass is 393 g/mol. The van der Waals surface area contributed by atoms with Gasteiger partial charge in [0.15, 0.2) is 0 Å². The Bertz CT molecular complexity index is 1060. The first kappa shape index (κ1) is 19.8. The second-order valence-electron chi connectivity index (χ2n) is 6.51. The van der Waals surface area contributed by atoms with Gasteiger partial charge in [0.25, 0.3) is 10.0 Å². The highest BCUT2D eigenvalue weighted by Gasteiger charge is 2.18. The van der Waals surface area contributed by atoms with Crippen molar-refractivity contribution < 1.29 is 13.2 Å². The molecule has 0 fully saturated rings. The normalized spacial score (nSPS) is 12.0. The molecule has 0 aliphatic rings. The molecule has 0 saturated carbocycles. The molecule has 0 radical (unpaired) electrons. The van der Waals surface area contributed by atoms with Crippen molar-refractivity contribution in [3.05, 3.63) is 95.6 Å². The minimum absolute atomic E-state index is 0.0624. The highest BCUT2D eigenvalue weighted by atomic mass is 32.2. The lowest BCUT2D eigenvalue weighted by atomic mass is 10.1. The van der Waals surface area contributed by atoms with E-state index in [9.17, 15) is 8.42 Å². The molecule has 0 spiro atoms. The van der Waals surface area contributed by atoms with Crippen LogP contribution < -0.4 is 4.74 Å². The van der Waals surface area contributed by atoms with Crippen molar-refractivity contribution in [2.45, 2.75) is 31.6 Å². The summed E-state index contributed by atoms with van der Waals surface area (Å²) < 4.78 is 35.8. The maximum atomic E-state index is 12.8. The summed E-state index contributed by atoms with van der Waals surface area (Å²) in [5.41, 5.74) is 2.66. The Labute approximate surface area is 166 Å². The summed E-state index contributed by atoms with van der Waals surface area (Å²) in [6.07, 6.45) is 1.79. The van der Waals surface area contributed by atoms with E-state index in [4.69, 9.17) is 4.74 Å². The number of ether oxygens (including phenoxy) is 1. The Kier molecular flexibility index (Phi) is 6.26. The van der Waals surface area contributed by atoms with E-state index >= 15 is 0 Å². The van der Waals surface area contributed by atoms with Crippen molar-refractivity contribution in [1.82, 2.24) is 0 Å². The van der Waals surface area contributed by atoms with Gasteiger partial charge in [-0.2, -0.15) is 8.42 Å². The van der Waals surface area contributed by atoms with E-state index in [1.807, 2.05) is 43.3 Å². The molecule has 4 nitrogen and oxygen atoms in total. The summed E-state index contributed by atoms with van der Waals surface area (Å²) in [6, 6.07) is 23.2. The van der Waals surface area contributed by atoms with Crippen molar-refractivity contribution in [2.24, 2.45) is 4.40 Å². The minimum atomic E-state index is -3.90. The van der Waals surface area contributed by atoms with E-state index in [1.165, 1.54) is 12.1 Å². The summed E-state index contributed by atoms with van der Waals surface area (Å²) in [4.78, 5) is 0.130. The predicted molar refractivity (Wildman–Crippen MR) is 112 cm³/mol. The molecular weight excluding hydrogens is 370 g/mol. The molecule has 144 valence electrons. The van der Waals surface area contributed by atoms with Crippen LogP contribution in [0.15, 0.2) is 88.2 Å². The quantitative estimate of drug-likeness (QED) is 0.429. The van der Waals surface area contributed by atoms with Gasteiger partial charge in [0, 0.05) is 5.56 Å². The summed E-state index contributed by atoms with van der Waals surface area (Å²) in [5, 5.41) is 0. The van der Waals surface area contributed by atoms with Crippen molar-refractivity contribution in [3.63, 3.8) is 0 Å². The molecule has 0 bridgehead atoms. The molecule has 5 heteroatoms. The molecule has 3 aromatic carbocycles. The van der Waals surface area contributed by atoms with Gasteiger partial charge in [0.05, 0.1) is 4.90 Å². The fourth-order valence-corrected chi connectivity index (χ4v) is 3.77. The zero-order valence-corrected chi connectivity index (χ0v) is 16.8. The van der Waals surface area contributed by atoms with E-state index in [-0.39, 0.29) is 10.8 Å². The van der Waals surface area contributed by atoms with E-state index in [1.54, 1.807) is 30.3 Å². The molecule has 0 aliphatic carbocycles. The minimum Gasteiger partial charge on any atom is -0.437 e. The van der Waals surface area contributed by atoms with Crippen LogP contribution in [0.1, 0.15) is 30.0 Å². The number of sulfonamides is 1. The Morgan fingerprint density at radius 2 is 1.57 bits per heavy atom. The van der Waals surface area contributed by atoms with Crippen LogP contribution in [0.3, 0.4) is 0 Å². The van der Waals surface area contributed by atoms with Gasteiger partial charge in [-0.1, -0.05) is 61.9 Å². The third kappa shape index (κ3) is 4.87. The van der Waals surface area contributed by atoms with Gasteiger partial charge in [-0.25, -0.2) is 0 Å². The lowest BCUT2D eigenvalue weighted by molar-refractivity contribution is 0.541. The highest BCUT2D eigenvalue weighted by molar-refractivity contribution is 7.90. The lowest BCUT2D eigenvalue weighted by Crippen LogP contribution is -2.15. The first-order valence-corrected chi connectivity index (χ1v) is 10.7. The van der Waals surface area contributed by atoms with Crippen molar-refractivity contribution in [3.8, 4) is 5.75 Å². The third-order valence-electron chi connectivity index (χ3n) is 4.21. The van der Waals surface area contributed by atoms with Gasteiger partial charge in [0.2, 0.25) is 5.90 Å². The Morgan fingerprint density at radius 1 is 0.929 bits per heavy atom. The smallest absolute Gasteiger partial charge is 0.285 e. The topological polar surface area (TPSA) is 55.7 Å². The van der Waals surface area contributed by atoms with Crippen LogP contribution in [-0.4, -0.2) is 14.3 Å². The van der Waals surface area contributed by atoms with Crippen LogP contribution in [0.5, 0.6) is 5.75 Å². The largest absolute Gasteiger partial charge is 0.437 e. The van der Waals surface area contributed by atoms with Gasteiger partial charge in [-0.3, -0.25) is 0 Å². The number of aryl methyl sites for hydroxylation is 2. The molecule has 0 N–H and O–H groups in total. The van der Waals surface area contributed by atoms with E-state index < -0.39 is 10.0 Å². The fourth-order valence-electron chi connectivity index (χ4n) is 2.80. The standard InChI is InChI=1S/C23H23NO3S/c1-3-10-19-16-15-18(2)17-22(19)27-23(20-11-6-4-7-12-20)24-28(25,26)21-13-8-5-9-14-21/h4-9,11-17H,3,10H2,1-2H3/b24-23+. The number of hydrogen-bond donors (Lipinski definition) is 0. The lowest BCUT2D eigenvalue weighted by Gasteiger charge is -2.14. The van der Waals surface area contributed by atoms with Crippen LogP contribution in [-0.2, 0) is 16.4 Å². The van der Waals surface area contributed by atoms with Crippen LogP contribution in [0.25, 0.3) is 0 Å².